The third-order valence-corrected chi connectivity index (χ3v) is 3.20. The molecule has 2 N–H and O–H groups in total. The van der Waals surface area contributed by atoms with E-state index in [0.717, 1.165) is 31.2 Å². The van der Waals surface area contributed by atoms with Crippen LogP contribution < -0.4 is 10.5 Å². The highest BCUT2D eigenvalue weighted by Gasteiger charge is 2.33. The topological polar surface area (TPSA) is 35.2 Å². The number of halogens is 1. The maximum atomic E-state index is 13.0. The third kappa shape index (κ3) is 1.84. The summed E-state index contributed by atoms with van der Waals surface area (Å²) in [5.74, 6) is 0.289. The maximum absolute atomic E-state index is 13.0. The van der Waals surface area contributed by atoms with Crippen molar-refractivity contribution in [1.82, 2.24) is 0 Å². The Hall–Kier alpha value is -1.09. The van der Waals surface area contributed by atoms with Gasteiger partial charge in [0.25, 0.3) is 0 Å². The van der Waals surface area contributed by atoms with Gasteiger partial charge in [-0.2, -0.15) is 0 Å². The standard InChI is InChI=1S/C12H16FNO/c1-15-11-8-9(13)4-5-10(11)12(14)6-2-3-7-12/h4-5,8H,2-3,6-7,14H2,1H3. The van der Waals surface area contributed by atoms with E-state index in [1.165, 1.54) is 12.1 Å². The van der Waals surface area contributed by atoms with Gasteiger partial charge < -0.3 is 10.5 Å². The van der Waals surface area contributed by atoms with Gasteiger partial charge in [-0.3, -0.25) is 0 Å². The second kappa shape index (κ2) is 3.81. The van der Waals surface area contributed by atoms with Gasteiger partial charge in [0.1, 0.15) is 11.6 Å². The molecule has 2 rings (SSSR count). The number of hydrogen-bond donors (Lipinski definition) is 1. The van der Waals surface area contributed by atoms with Crippen LogP contribution in [-0.2, 0) is 5.54 Å². The zero-order valence-electron chi connectivity index (χ0n) is 8.92. The number of ether oxygens (including phenoxy) is 1. The van der Waals surface area contributed by atoms with Crippen molar-refractivity contribution in [2.75, 3.05) is 7.11 Å². The molecule has 1 aliphatic rings. The van der Waals surface area contributed by atoms with Crippen molar-refractivity contribution in [3.63, 3.8) is 0 Å². The Morgan fingerprint density at radius 3 is 2.60 bits per heavy atom. The molecule has 0 heterocycles. The molecule has 2 nitrogen and oxygen atoms in total. The van der Waals surface area contributed by atoms with Crippen molar-refractivity contribution >= 4 is 0 Å². The van der Waals surface area contributed by atoms with Crippen LogP contribution in [0.15, 0.2) is 18.2 Å². The highest BCUT2D eigenvalue weighted by Crippen LogP contribution is 2.40. The molecule has 82 valence electrons. The second-order valence-electron chi connectivity index (χ2n) is 4.21. The van der Waals surface area contributed by atoms with E-state index in [-0.39, 0.29) is 11.4 Å². The summed E-state index contributed by atoms with van der Waals surface area (Å²) in [5, 5.41) is 0. The second-order valence-corrected chi connectivity index (χ2v) is 4.21. The lowest BCUT2D eigenvalue weighted by atomic mass is 9.88. The number of benzene rings is 1. The molecule has 0 unspecified atom stereocenters. The Morgan fingerprint density at radius 2 is 2.00 bits per heavy atom. The zero-order chi connectivity index (χ0) is 10.9. The van der Waals surface area contributed by atoms with Crippen LogP contribution in [-0.4, -0.2) is 7.11 Å². The van der Waals surface area contributed by atoms with Crippen LogP contribution in [0.5, 0.6) is 5.75 Å². The van der Waals surface area contributed by atoms with Crippen LogP contribution in [0, 0.1) is 5.82 Å². The Balaban J connectivity index is 2.42. The smallest absolute Gasteiger partial charge is 0.126 e. The molecule has 3 heteroatoms. The number of nitrogens with two attached hydrogens (primary N) is 1. The fourth-order valence-electron chi connectivity index (χ4n) is 2.35. The predicted molar refractivity (Wildman–Crippen MR) is 57.3 cm³/mol. The molecule has 0 aliphatic heterocycles. The molecule has 1 fully saturated rings. The van der Waals surface area contributed by atoms with E-state index in [4.69, 9.17) is 10.5 Å². The SMILES string of the molecule is COc1cc(F)ccc1C1(N)CCCC1. The monoisotopic (exact) mass is 209 g/mol. The fraction of sp³-hybridized carbons (Fsp3) is 0.500. The molecule has 0 spiro atoms. The van der Waals surface area contributed by atoms with E-state index in [1.807, 2.05) is 0 Å². The van der Waals surface area contributed by atoms with Crippen molar-refractivity contribution in [3.05, 3.63) is 29.6 Å². The molecule has 1 aromatic rings. The molecule has 0 amide bonds. The van der Waals surface area contributed by atoms with E-state index in [2.05, 4.69) is 0 Å². The van der Waals surface area contributed by atoms with Crippen LogP contribution in [0.25, 0.3) is 0 Å². The summed E-state index contributed by atoms with van der Waals surface area (Å²) < 4.78 is 18.2. The highest BCUT2D eigenvalue weighted by atomic mass is 19.1. The minimum Gasteiger partial charge on any atom is -0.496 e. The number of methoxy groups -OCH3 is 1. The van der Waals surface area contributed by atoms with Gasteiger partial charge in [0.15, 0.2) is 0 Å². The van der Waals surface area contributed by atoms with Crippen LogP contribution in [0.3, 0.4) is 0 Å². The van der Waals surface area contributed by atoms with Crippen molar-refractivity contribution in [2.45, 2.75) is 31.2 Å². The Labute approximate surface area is 89.2 Å². The van der Waals surface area contributed by atoms with Gasteiger partial charge in [-0.1, -0.05) is 18.9 Å². The summed E-state index contributed by atoms with van der Waals surface area (Å²) in [6, 6.07) is 4.60. The van der Waals surface area contributed by atoms with Crippen molar-refractivity contribution in [3.8, 4) is 5.75 Å². The van der Waals surface area contributed by atoms with Crippen LogP contribution in [0.1, 0.15) is 31.2 Å². The zero-order valence-corrected chi connectivity index (χ0v) is 8.92. The molecule has 1 aliphatic carbocycles. The average Bonchev–Trinajstić information content (AvgIpc) is 2.66. The molecule has 0 radical (unpaired) electrons. The normalized spacial score (nSPS) is 19.1. The predicted octanol–water partition coefficient (Wildman–Crippen LogP) is 2.56. The van der Waals surface area contributed by atoms with Gasteiger partial charge in [-0.25, -0.2) is 4.39 Å². The van der Waals surface area contributed by atoms with E-state index >= 15 is 0 Å². The van der Waals surface area contributed by atoms with Crippen molar-refractivity contribution in [1.29, 1.82) is 0 Å². The highest BCUT2D eigenvalue weighted by molar-refractivity contribution is 5.40. The number of hydrogen-bond acceptors (Lipinski definition) is 2. The first kappa shape index (κ1) is 10.4. The lowest BCUT2D eigenvalue weighted by Crippen LogP contribution is -2.33. The summed E-state index contributed by atoms with van der Waals surface area (Å²) in [7, 11) is 1.55. The molecule has 0 saturated heterocycles. The van der Waals surface area contributed by atoms with Gasteiger partial charge >= 0.3 is 0 Å². The first-order chi connectivity index (χ1) is 7.15. The third-order valence-electron chi connectivity index (χ3n) is 3.20. The van der Waals surface area contributed by atoms with Crippen LogP contribution in [0.2, 0.25) is 0 Å². The maximum Gasteiger partial charge on any atom is 0.126 e. The lowest BCUT2D eigenvalue weighted by molar-refractivity contribution is 0.376. The van der Waals surface area contributed by atoms with Gasteiger partial charge in [0.05, 0.1) is 7.11 Å². The van der Waals surface area contributed by atoms with Gasteiger partial charge in [0.2, 0.25) is 0 Å². The van der Waals surface area contributed by atoms with Crippen LogP contribution in [0.4, 0.5) is 4.39 Å². The average molecular weight is 209 g/mol. The molecule has 0 aromatic heterocycles. The summed E-state index contributed by atoms with van der Waals surface area (Å²) in [6.45, 7) is 0. The van der Waals surface area contributed by atoms with Crippen molar-refractivity contribution < 1.29 is 9.13 Å². The summed E-state index contributed by atoms with van der Waals surface area (Å²) >= 11 is 0. The van der Waals surface area contributed by atoms with Gasteiger partial charge in [-0.15, -0.1) is 0 Å². The number of rotatable bonds is 2. The minimum absolute atomic E-state index is 0.280. The first-order valence-corrected chi connectivity index (χ1v) is 5.29. The van der Waals surface area contributed by atoms with Crippen LogP contribution >= 0.6 is 0 Å². The molecule has 0 bridgehead atoms. The Kier molecular flexibility index (Phi) is 2.65. The molecular weight excluding hydrogens is 193 g/mol. The molecule has 1 aromatic carbocycles. The van der Waals surface area contributed by atoms with E-state index in [0.29, 0.717) is 5.75 Å². The molecular formula is C12H16FNO. The van der Waals surface area contributed by atoms with E-state index < -0.39 is 0 Å². The van der Waals surface area contributed by atoms with Gasteiger partial charge in [-0.05, 0) is 18.9 Å². The fourth-order valence-corrected chi connectivity index (χ4v) is 2.35. The summed E-state index contributed by atoms with van der Waals surface area (Å²) in [6.07, 6.45) is 4.18. The quantitative estimate of drug-likeness (QED) is 0.812. The lowest BCUT2D eigenvalue weighted by Gasteiger charge is -2.26. The first-order valence-electron chi connectivity index (χ1n) is 5.29. The largest absolute Gasteiger partial charge is 0.496 e. The molecule has 1 saturated carbocycles. The van der Waals surface area contributed by atoms with Crippen molar-refractivity contribution in [2.24, 2.45) is 5.73 Å². The minimum atomic E-state index is -0.320. The Morgan fingerprint density at radius 1 is 1.33 bits per heavy atom. The molecule has 15 heavy (non-hydrogen) atoms. The summed E-state index contributed by atoms with van der Waals surface area (Å²) in [4.78, 5) is 0. The van der Waals surface area contributed by atoms with E-state index in [1.54, 1.807) is 13.2 Å². The summed E-state index contributed by atoms with van der Waals surface area (Å²) in [5.41, 5.74) is 6.92. The Bertz CT molecular complexity index is 359. The van der Waals surface area contributed by atoms with E-state index in [9.17, 15) is 4.39 Å². The molecule has 0 atom stereocenters. The van der Waals surface area contributed by atoms with Gasteiger partial charge in [0, 0.05) is 17.2 Å².